The Labute approximate surface area is 179 Å². The van der Waals surface area contributed by atoms with E-state index in [-0.39, 0.29) is 17.6 Å². The second kappa shape index (κ2) is 7.95. The maximum Gasteiger partial charge on any atom is 0.250 e. The highest BCUT2D eigenvalue weighted by Gasteiger charge is 2.43. The van der Waals surface area contributed by atoms with E-state index in [1.54, 1.807) is 24.8 Å². The maximum absolute atomic E-state index is 13.2. The fraction of sp³-hybridized carbons (Fsp3) is 0.273. The molecule has 0 fully saturated rings. The molecule has 2 aromatic carbocycles. The average molecular weight is 422 g/mol. The molecule has 1 aliphatic rings. The molecule has 4 rings (SSSR count). The topological polar surface area (TPSA) is 80.1 Å². The molecule has 1 aliphatic heterocycles. The Hall–Kier alpha value is -3.13. The van der Waals surface area contributed by atoms with E-state index in [2.05, 4.69) is 15.5 Å². The first-order valence-corrected chi connectivity index (χ1v) is 10.7. The second-order valence-electron chi connectivity index (χ2n) is 7.65. The largest absolute Gasteiger partial charge is 0.322 e. The van der Waals surface area contributed by atoms with E-state index < -0.39 is 5.54 Å². The number of rotatable bonds is 5. The van der Waals surface area contributed by atoms with E-state index in [0.29, 0.717) is 23.1 Å². The monoisotopic (exact) mass is 421 g/mol. The van der Waals surface area contributed by atoms with Gasteiger partial charge in [-0.05, 0) is 38.5 Å². The molecule has 154 valence electrons. The molecule has 0 radical (unpaired) electrons. The zero-order valence-corrected chi connectivity index (χ0v) is 17.9. The SMILES string of the molecule is Cc1nnc(SCC(=O)N2c3ccccc3NC(=O)C2(C)C)n1Cc1ccccc1. The van der Waals surface area contributed by atoms with Gasteiger partial charge >= 0.3 is 0 Å². The summed E-state index contributed by atoms with van der Waals surface area (Å²) in [5.74, 6) is 0.580. The smallest absolute Gasteiger partial charge is 0.250 e. The van der Waals surface area contributed by atoms with Gasteiger partial charge in [0, 0.05) is 0 Å². The predicted molar refractivity (Wildman–Crippen MR) is 118 cm³/mol. The van der Waals surface area contributed by atoms with E-state index in [4.69, 9.17) is 0 Å². The van der Waals surface area contributed by atoms with E-state index >= 15 is 0 Å². The number of nitrogens with zero attached hydrogens (tertiary/aromatic N) is 4. The number of carbonyl (C=O) groups is 2. The van der Waals surface area contributed by atoms with Crippen molar-refractivity contribution in [3.63, 3.8) is 0 Å². The third kappa shape index (κ3) is 3.70. The minimum atomic E-state index is -0.986. The number of aromatic nitrogens is 3. The number of para-hydroxylation sites is 2. The summed E-state index contributed by atoms with van der Waals surface area (Å²) < 4.78 is 2.00. The summed E-state index contributed by atoms with van der Waals surface area (Å²) in [7, 11) is 0. The first-order chi connectivity index (χ1) is 14.4. The van der Waals surface area contributed by atoms with E-state index in [0.717, 1.165) is 11.4 Å². The molecule has 0 unspecified atom stereocenters. The Morgan fingerprint density at radius 3 is 2.53 bits per heavy atom. The molecule has 2 amide bonds. The van der Waals surface area contributed by atoms with Crippen LogP contribution in [0, 0.1) is 6.92 Å². The summed E-state index contributed by atoms with van der Waals surface area (Å²) in [4.78, 5) is 27.4. The van der Waals surface area contributed by atoms with Gasteiger partial charge in [0.1, 0.15) is 11.4 Å². The highest BCUT2D eigenvalue weighted by molar-refractivity contribution is 7.99. The van der Waals surface area contributed by atoms with Crippen molar-refractivity contribution in [1.82, 2.24) is 14.8 Å². The van der Waals surface area contributed by atoms with Crippen LogP contribution in [0.4, 0.5) is 11.4 Å². The number of amides is 2. The number of nitrogens with one attached hydrogen (secondary N) is 1. The number of benzene rings is 2. The van der Waals surface area contributed by atoms with Crippen LogP contribution >= 0.6 is 11.8 Å². The quantitative estimate of drug-likeness (QED) is 0.638. The van der Waals surface area contributed by atoms with Crippen LogP contribution in [0.1, 0.15) is 25.2 Å². The van der Waals surface area contributed by atoms with Gasteiger partial charge in [0.2, 0.25) is 11.8 Å². The molecule has 1 N–H and O–H groups in total. The molecule has 30 heavy (non-hydrogen) atoms. The highest BCUT2D eigenvalue weighted by atomic mass is 32.2. The normalized spacial score (nSPS) is 14.9. The molecule has 0 aliphatic carbocycles. The molecule has 8 heteroatoms. The molecule has 2 heterocycles. The van der Waals surface area contributed by atoms with Gasteiger partial charge in [0.25, 0.3) is 0 Å². The van der Waals surface area contributed by atoms with E-state index in [1.807, 2.05) is 60.0 Å². The number of anilines is 2. The van der Waals surface area contributed by atoms with Crippen LogP contribution in [-0.4, -0.2) is 37.9 Å². The van der Waals surface area contributed by atoms with Crippen LogP contribution in [0.15, 0.2) is 59.8 Å². The van der Waals surface area contributed by atoms with Crippen LogP contribution in [0.25, 0.3) is 0 Å². The van der Waals surface area contributed by atoms with Crippen molar-refractivity contribution in [3.8, 4) is 0 Å². The Morgan fingerprint density at radius 1 is 1.07 bits per heavy atom. The Kier molecular flexibility index (Phi) is 5.34. The van der Waals surface area contributed by atoms with Gasteiger partial charge in [-0.25, -0.2) is 0 Å². The maximum atomic E-state index is 13.2. The standard InChI is InChI=1S/C22H23N5O2S/c1-15-24-25-21(26(15)13-16-9-5-4-6-10-16)30-14-19(28)27-18-12-8-7-11-17(18)23-20(29)22(27,2)3/h4-12H,13-14H2,1-3H3,(H,23,29). The summed E-state index contributed by atoms with van der Waals surface area (Å²) in [5.41, 5.74) is 1.49. The molecule has 3 aromatic rings. The number of hydrogen-bond acceptors (Lipinski definition) is 5. The van der Waals surface area contributed by atoms with Gasteiger partial charge in [-0.15, -0.1) is 10.2 Å². The van der Waals surface area contributed by atoms with Gasteiger partial charge in [-0.3, -0.25) is 14.5 Å². The molecule has 7 nitrogen and oxygen atoms in total. The molecular formula is C22H23N5O2S. The number of thioether (sulfide) groups is 1. The first kappa shape index (κ1) is 20.2. The Balaban J connectivity index is 1.55. The number of fused-ring (bicyclic) bond motifs is 1. The van der Waals surface area contributed by atoms with Crippen molar-refractivity contribution in [3.05, 3.63) is 66.0 Å². The van der Waals surface area contributed by atoms with Crippen LogP contribution in [0.2, 0.25) is 0 Å². The lowest BCUT2D eigenvalue weighted by molar-refractivity contribution is -0.125. The summed E-state index contributed by atoms with van der Waals surface area (Å²) >= 11 is 1.33. The minimum Gasteiger partial charge on any atom is -0.322 e. The van der Waals surface area contributed by atoms with Crippen molar-refractivity contribution in [2.24, 2.45) is 0 Å². The molecule has 0 atom stereocenters. The van der Waals surface area contributed by atoms with Crippen LogP contribution in [0.3, 0.4) is 0 Å². The lowest BCUT2D eigenvalue weighted by atomic mass is 9.96. The Bertz CT molecular complexity index is 1090. The van der Waals surface area contributed by atoms with Crippen LogP contribution in [0.5, 0.6) is 0 Å². The highest BCUT2D eigenvalue weighted by Crippen LogP contribution is 2.37. The van der Waals surface area contributed by atoms with Crippen molar-refractivity contribution >= 4 is 35.0 Å². The van der Waals surface area contributed by atoms with Crippen LogP contribution < -0.4 is 10.2 Å². The second-order valence-corrected chi connectivity index (χ2v) is 8.59. The van der Waals surface area contributed by atoms with E-state index in [1.165, 1.54) is 11.8 Å². The molecule has 0 bridgehead atoms. The fourth-order valence-corrected chi connectivity index (χ4v) is 4.34. The first-order valence-electron chi connectivity index (χ1n) is 9.68. The Morgan fingerprint density at radius 2 is 1.77 bits per heavy atom. The van der Waals surface area contributed by atoms with Gasteiger partial charge in [-0.2, -0.15) is 0 Å². The third-order valence-electron chi connectivity index (χ3n) is 5.17. The molecular weight excluding hydrogens is 398 g/mol. The van der Waals surface area contributed by atoms with Crippen molar-refractivity contribution in [2.45, 2.75) is 38.0 Å². The summed E-state index contributed by atoms with van der Waals surface area (Å²) in [5, 5.41) is 12.0. The number of hydrogen-bond donors (Lipinski definition) is 1. The minimum absolute atomic E-state index is 0.151. The van der Waals surface area contributed by atoms with E-state index in [9.17, 15) is 9.59 Å². The summed E-state index contributed by atoms with van der Waals surface area (Å²) in [6.07, 6.45) is 0. The summed E-state index contributed by atoms with van der Waals surface area (Å²) in [6.45, 7) is 6.04. The zero-order chi connectivity index (χ0) is 21.3. The molecule has 0 saturated heterocycles. The fourth-order valence-electron chi connectivity index (χ4n) is 3.51. The lowest BCUT2D eigenvalue weighted by Gasteiger charge is -2.42. The van der Waals surface area contributed by atoms with Gasteiger partial charge in [0.15, 0.2) is 5.16 Å². The molecule has 1 aromatic heterocycles. The molecule has 0 spiro atoms. The average Bonchev–Trinajstić information content (AvgIpc) is 3.07. The van der Waals surface area contributed by atoms with Gasteiger partial charge in [0.05, 0.1) is 23.7 Å². The zero-order valence-electron chi connectivity index (χ0n) is 17.1. The van der Waals surface area contributed by atoms with Crippen molar-refractivity contribution in [1.29, 1.82) is 0 Å². The third-order valence-corrected chi connectivity index (χ3v) is 6.12. The van der Waals surface area contributed by atoms with Crippen molar-refractivity contribution < 1.29 is 9.59 Å². The number of aryl methyl sites for hydroxylation is 1. The predicted octanol–water partition coefficient (Wildman–Crippen LogP) is 3.49. The van der Waals surface area contributed by atoms with Gasteiger partial charge in [-0.1, -0.05) is 54.2 Å². The summed E-state index contributed by atoms with van der Waals surface area (Å²) in [6, 6.07) is 17.4. The van der Waals surface area contributed by atoms with Crippen molar-refractivity contribution in [2.75, 3.05) is 16.0 Å². The number of carbonyl (C=O) groups excluding carboxylic acids is 2. The molecule has 0 saturated carbocycles. The lowest BCUT2D eigenvalue weighted by Crippen LogP contribution is -2.59. The van der Waals surface area contributed by atoms with Gasteiger partial charge < -0.3 is 9.88 Å². The van der Waals surface area contributed by atoms with Crippen LogP contribution in [-0.2, 0) is 16.1 Å².